The Balaban J connectivity index is 2.11. The van der Waals surface area contributed by atoms with Gasteiger partial charge in [-0.2, -0.15) is 5.26 Å². The van der Waals surface area contributed by atoms with Crippen LogP contribution in [0.25, 0.3) is 0 Å². The molecule has 2 aromatic rings. The van der Waals surface area contributed by atoms with E-state index in [0.717, 1.165) is 16.9 Å². The third kappa shape index (κ3) is 3.48. The maximum Gasteiger partial charge on any atom is 0.124 e. The molecule has 3 nitrogen and oxygen atoms in total. The molecule has 2 rings (SSSR count). The number of halogens is 1. The molecule has 0 aromatic heterocycles. The number of nitriles is 1. The predicted octanol–water partition coefficient (Wildman–Crippen LogP) is 3.38. The quantitative estimate of drug-likeness (QED) is 0.924. The Bertz CT molecular complexity index is 644. The first-order chi connectivity index (χ1) is 9.58. The maximum atomic E-state index is 13.3. The van der Waals surface area contributed by atoms with Gasteiger partial charge in [-0.15, -0.1) is 0 Å². The largest absolute Gasteiger partial charge is 0.381 e. The zero-order chi connectivity index (χ0) is 14.5. The van der Waals surface area contributed by atoms with Crippen LogP contribution in [0, 0.1) is 17.1 Å². The minimum Gasteiger partial charge on any atom is -0.381 e. The predicted molar refractivity (Wildman–Crippen MR) is 79.2 cm³/mol. The summed E-state index contributed by atoms with van der Waals surface area (Å²) < 4.78 is 13.3. The summed E-state index contributed by atoms with van der Waals surface area (Å²) in [5.74, 6) is -0.386. The molecular formula is C16H16FN3. The first-order valence-corrected chi connectivity index (χ1v) is 6.29. The highest BCUT2D eigenvalue weighted by molar-refractivity contribution is 5.57. The summed E-state index contributed by atoms with van der Waals surface area (Å²) in [6, 6.07) is 14.3. The van der Waals surface area contributed by atoms with Gasteiger partial charge < -0.3 is 10.2 Å². The van der Waals surface area contributed by atoms with Crippen LogP contribution in [0.2, 0.25) is 0 Å². The number of nitrogens with zero attached hydrogens (tertiary/aromatic N) is 2. The number of hydrogen-bond donors (Lipinski definition) is 1. The second kappa shape index (κ2) is 6.07. The molecule has 102 valence electrons. The van der Waals surface area contributed by atoms with Gasteiger partial charge in [0.1, 0.15) is 5.82 Å². The molecule has 0 aliphatic heterocycles. The molecule has 0 unspecified atom stereocenters. The summed E-state index contributed by atoms with van der Waals surface area (Å²) in [4.78, 5) is 2.02. The molecule has 0 radical (unpaired) electrons. The molecule has 2 aromatic carbocycles. The second-order valence-corrected chi connectivity index (χ2v) is 4.76. The monoisotopic (exact) mass is 269 g/mol. The summed E-state index contributed by atoms with van der Waals surface area (Å²) in [5, 5.41) is 12.1. The van der Waals surface area contributed by atoms with Crippen molar-refractivity contribution in [3.63, 3.8) is 0 Å². The van der Waals surface area contributed by atoms with Crippen LogP contribution in [0.5, 0.6) is 0 Å². The molecule has 0 amide bonds. The lowest BCUT2D eigenvalue weighted by Crippen LogP contribution is -2.09. The van der Waals surface area contributed by atoms with Crippen molar-refractivity contribution in [1.82, 2.24) is 0 Å². The Morgan fingerprint density at radius 1 is 1.20 bits per heavy atom. The number of rotatable bonds is 4. The van der Waals surface area contributed by atoms with Crippen LogP contribution in [-0.2, 0) is 6.54 Å². The standard InChI is InChI=1S/C16H16FN3/c1-20(2)16-5-3-4-15(9-16)19-11-13-6-12(10-18)7-14(17)8-13/h3-9,19H,11H2,1-2H3. The molecule has 0 aliphatic rings. The fourth-order valence-electron chi connectivity index (χ4n) is 1.92. The van der Waals surface area contributed by atoms with Crippen LogP contribution in [0.4, 0.5) is 15.8 Å². The molecule has 0 heterocycles. The van der Waals surface area contributed by atoms with Crippen molar-refractivity contribution in [2.45, 2.75) is 6.54 Å². The molecule has 0 spiro atoms. The lowest BCUT2D eigenvalue weighted by molar-refractivity contribution is 0.625. The van der Waals surface area contributed by atoms with Crippen molar-refractivity contribution in [2.24, 2.45) is 0 Å². The fourth-order valence-corrected chi connectivity index (χ4v) is 1.92. The number of benzene rings is 2. The van der Waals surface area contributed by atoms with E-state index in [4.69, 9.17) is 5.26 Å². The Morgan fingerprint density at radius 2 is 2.00 bits per heavy atom. The van der Waals surface area contributed by atoms with E-state index >= 15 is 0 Å². The van der Waals surface area contributed by atoms with Crippen molar-refractivity contribution in [1.29, 1.82) is 5.26 Å². The summed E-state index contributed by atoms with van der Waals surface area (Å²) in [7, 11) is 3.95. The van der Waals surface area contributed by atoms with Gasteiger partial charge in [0.25, 0.3) is 0 Å². The van der Waals surface area contributed by atoms with E-state index in [9.17, 15) is 4.39 Å². The third-order valence-corrected chi connectivity index (χ3v) is 2.95. The van der Waals surface area contributed by atoms with Crippen LogP contribution in [0.3, 0.4) is 0 Å². The average molecular weight is 269 g/mol. The van der Waals surface area contributed by atoms with Crippen LogP contribution >= 0.6 is 0 Å². The lowest BCUT2D eigenvalue weighted by atomic mass is 10.1. The molecule has 1 N–H and O–H groups in total. The summed E-state index contributed by atoms with van der Waals surface area (Å²) in [5.41, 5.74) is 3.13. The van der Waals surface area contributed by atoms with Gasteiger partial charge in [0.05, 0.1) is 11.6 Å². The van der Waals surface area contributed by atoms with E-state index in [0.29, 0.717) is 12.1 Å². The highest BCUT2D eigenvalue weighted by Crippen LogP contribution is 2.18. The number of nitrogens with one attached hydrogen (secondary N) is 1. The fraction of sp³-hybridized carbons (Fsp3) is 0.188. The van der Waals surface area contributed by atoms with Gasteiger partial charge in [-0.3, -0.25) is 0 Å². The van der Waals surface area contributed by atoms with Crippen molar-refractivity contribution >= 4 is 11.4 Å². The highest BCUT2D eigenvalue weighted by Gasteiger charge is 2.02. The van der Waals surface area contributed by atoms with Crippen molar-refractivity contribution in [3.05, 3.63) is 59.4 Å². The van der Waals surface area contributed by atoms with Crippen LogP contribution in [0.15, 0.2) is 42.5 Å². The molecule has 0 saturated heterocycles. The first kappa shape index (κ1) is 13.9. The van der Waals surface area contributed by atoms with E-state index in [1.807, 2.05) is 49.3 Å². The maximum absolute atomic E-state index is 13.3. The minimum atomic E-state index is -0.386. The molecule has 0 atom stereocenters. The van der Waals surface area contributed by atoms with Crippen LogP contribution < -0.4 is 10.2 Å². The molecule has 0 saturated carbocycles. The van der Waals surface area contributed by atoms with Crippen molar-refractivity contribution < 1.29 is 4.39 Å². The zero-order valence-corrected chi connectivity index (χ0v) is 11.5. The summed E-state index contributed by atoms with van der Waals surface area (Å²) in [6.07, 6.45) is 0. The Hall–Kier alpha value is -2.54. The van der Waals surface area contributed by atoms with E-state index in [1.54, 1.807) is 6.07 Å². The third-order valence-electron chi connectivity index (χ3n) is 2.95. The van der Waals surface area contributed by atoms with Gasteiger partial charge in [0.2, 0.25) is 0 Å². The normalized spacial score (nSPS) is 9.90. The van der Waals surface area contributed by atoms with Gasteiger partial charge in [0, 0.05) is 32.0 Å². The van der Waals surface area contributed by atoms with Crippen LogP contribution in [0.1, 0.15) is 11.1 Å². The smallest absolute Gasteiger partial charge is 0.124 e. The van der Waals surface area contributed by atoms with Crippen molar-refractivity contribution in [3.8, 4) is 6.07 Å². The van der Waals surface area contributed by atoms with Crippen molar-refractivity contribution in [2.75, 3.05) is 24.3 Å². The minimum absolute atomic E-state index is 0.337. The molecular weight excluding hydrogens is 253 g/mol. The molecule has 0 aliphatic carbocycles. The van der Waals surface area contributed by atoms with Gasteiger partial charge in [-0.05, 0) is 42.0 Å². The van der Waals surface area contributed by atoms with E-state index in [-0.39, 0.29) is 5.82 Å². The first-order valence-electron chi connectivity index (χ1n) is 6.29. The molecule has 0 fully saturated rings. The zero-order valence-electron chi connectivity index (χ0n) is 11.5. The van der Waals surface area contributed by atoms with Gasteiger partial charge in [0.15, 0.2) is 0 Å². The summed E-state index contributed by atoms with van der Waals surface area (Å²) in [6.45, 7) is 0.476. The summed E-state index contributed by atoms with van der Waals surface area (Å²) >= 11 is 0. The number of hydrogen-bond acceptors (Lipinski definition) is 3. The Morgan fingerprint density at radius 3 is 2.70 bits per heavy atom. The SMILES string of the molecule is CN(C)c1cccc(NCc2cc(F)cc(C#N)c2)c1. The topological polar surface area (TPSA) is 39.1 Å². The van der Waals surface area contributed by atoms with Crippen LogP contribution in [-0.4, -0.2) is 14.1 Å². The Kier molecular flexibility index (Phi) is 4.21. The highest BCUT2D eigenvalue weighted by atomic mass is 19.1. The number of anilines is 2. The lowest BCUT2D eigenvalue weighted by Gasteiger charge is -2.14. The average Bonchev–Trinajstić information content (AvgIpc) is 2.44. The van der Waals surface area contributed by atoms with E-state index in [1.165, 1.54) is 12.1 Å². The second-order valence-electron chi connectivity index (χ2n) is 4.76. The van der Waals surface area contributed by atoms with E-state index < -0.39 is 0 Å². The molecule has 4 heteroatoms. The molecule has 0 bridgehead atoms. The van der Waals surface area contributed by atoms with Gasteiger partial charge in [-0.1, -0.05) is 6.07 Å². The van der Waals surface area contributed by atoms with Gasteiger partial charge >= 0.3 is 0 Å². The van der Waals surface area contributed by atoms with Gasteiger partial charge in [-0.25, -0.2) is 4.39 Å². The van der Waals surface area contributed by atoms with E-state index in [2.05, 4.69) is 5.32 Å². The molecule has 20 heavy (non-hydrogen) atoms. The Labute approximate surface area is 118 Å².